The number of hydrogen-bond acceptors (Lipinski definition) is 5. The van der Waals surface area contributed by atoms with Gasteiger partial charge in [-0.3, -0.25) is 9.59 Å². The predicted molar refractivity (Wildman–Crippen MR) is 111 cm³/mol. The number of amides is 2. The third-order valence-electron chi connectivity index (χ3n) is 4.89. The van der Waals surface area contributed by atoms with Crippen molar-refractivity contribution in [3.63, 3.8) is 0 Å². The molecule has 1 aliphatic rings. The summed E-state index contributed by atoms with van der Waals surface area (Å²) in [4.78, 5) is 36.2. The van der Waals surface area contributed by atoms with Crippen LogP contribution in [0.15, 0.2) is 54.6 Å². The number of benzene rings is 2. The number of carbonyl (C=O) groups excluding carboxylic acids is 3. The van der Waals surface area contributed by atoms with Crippen molar-refractivity contribution in [2.75, 3.05) is 13.2 Å². The van der Waals surface area contributed by atoms with Gasteiger partial charge in [0.25, 0.3) is 11.8 Å². The van der Waals surface area contributed by atoms with Crippen LogP contribution in [-0.2, 0) is 25.5 Å². The lowest BCUT2D eigenvalue weighted by molar-refractivity contribution is -0.151. The first-order valence-corrected chi connectivity index (χ1v) is 10.0. The van der Waals surface area contributed by atoms with Gasteiger partial charge in [0.15, 0.2) is 13.2 Å². The molecule has 2 N–H and O–H groups in total. The first kappa shape index (κ1) is 21.4. The Morgan fingerprint density at radius 3 is 2.53 bits per heavy atom. The molecule has 0 aromatic heterocycles. The molecule has 0 saturated carbocycles. The van der Waals surface area contributed by atoms with Crippen molar-refractivity contribution >= 4 is 17.8 Å². The van der Waals surface area contributed by atoms with Crippen LogP contribution >= 0.6 is 0 Å². The van der Waals surface area contributed by atoms with Crippen molar-refractivity contribution in [1.82, 2.24) is 10.6 Å². The van der Waals surface area contributed by atoms with Gasteiger partial charge in [0.05, 0.1) is 6.04 Å². The summed E-state index contributed by atoms with van der Waals surface area (Å²) in [6.45, 7) is 0.888. The van der Waals surface area contributed by atoms with Crippen LogP contribution in [0.1, 0.15) is 36.9 Å². The third-order valence-corrected chi connectivity index (χ3v) is 4.89. The van der Waals surface area contributed by atoms with Gasteiger partial charge in [-0.25, -0.2) is 4.79 Å². The fraction of sp³-hybridized carbons (Fsp3) is 0.348. The van der Waals surface area contributed by atoms with Crippen molar-refractivity contribution in [3.05, 3.63) is 65.7 Å². The number of ether oxygens (including phenoxy) is 2. The van der Waals surface area contributed by atoms with Crippen LogP contribution in [-0.4, -0.2) is 37.0 Å². The van der Waals surface area contributed by atoms with E-state index in [1.54, 1.807) is 24.3 Å². The van der Waals surface area contributed by atoms with Gasteiger partial charge in [-0.15, -0.1) is 0 Å². The molecule has 2 atom stereocenters. The van der Waals surface area contributed by atoms with E-state index in [1.807, 2.05) is 24.3 Å². The fourth-order valence-corrected chi connectivity index (χ4v) is 3.41. The zero-order valence-electron chi connectivity index (χ0n) is 16.9. The Morgan fingerprint density at radius 1 is 1.00 bits per heavy atom. The maximum atomic E-state index is 12.2. The molecule has 0 saturated heterocycles. The summed E-state index contributed by atoms with van der Waals surface area (Å²) in [5.41, 5.74) is 2.35. The van der Waals surface area contributed by atoms with Crippen LogP contribution in [0.5, 0.6) is 5.75 Å². The lowest BCUT2D eigenvalue weighted by Gasteiger charge is -2.26. The number of carbonyl (C=O) groups is 3. The summed E-state index contributed by atoms with van der Waals surface area (Å²) in [6.07, 6.45) is 2.85. The minimum atomic E-state index is -0.889. The molecule has 1 aliphatic carbocycles. The highest BCUT2D eigenvalue weighted by Crippen LogP contribution is 2.29. The van der Waals surface area contributed by atoms with Crippen LogP contribution in [0, 0.1) is 0 Å². The number of rotatable bonds is 8. The van der Waals surface area contributed by atoms with Crippen LogP contribution in [0.25, 0.3) is 0 Å². The molecule has 30 heavy (non-hydrogen) atoms. The number of esters is 1. The quantitative estimate of drug-likeness (QED) is 0.652. The molecule has 0 bridgehead atoms. The topological polar surface area (TPSA) is 93.7 Å². The van der Waals surface area contributed by atoms with Crippen molar-refractivity contribution in [1.29, 1.82) is 0 Å². The maximum absolute atomic E-state index is 12.2. The second-order valence-corrected chi connectivity index (χ2v) is 7.21. The van der Waals surface area contributed by atoms with E-state index in [4.69, 9.17) is 9.47 Å². The molecule has 7 heteroatoms. The van der Waals surface area contributed by atoms with E-state index in [0.29, 0.717) is 5.75 Å². The molecule has 0 radical (unpaired) electrons. The molecular formula is C23H26N2O5. The predicted octanol–water partition coefficient (Wildman–Crippen LogP) is 2.31. The average Bonchev–Trinajstić information content (AvgIpc) is 2.77. The molecule has 0 fully saturated rings. The molecule has 2 amide bonds. The van der Waals surface area contributed by atoms with Crippen molar-refractivity contribution in [2.24, 2.45) is 0 Å². The smallest absolute Gasteiger partial charge is 0.328 e. The van der Waals surface area contributed by atoms with Crippen LogP contribution in [0.4, 0.5) is 0 Å². The molecule has 2 aromatic carbocycles. The van der Waals surface area contributed by atoms with Gasteiger partial charge >= 0.3 is 5.97 Å². The van der Waals surface area contributed by atoms with E-state index in [1.165, 1.54) is 12.5 Å². The summed E-state index contributed by atoms with van der Waals surface area (Å²) < 4.78 is 10.4. The second kappa shape index (κ2) is 10.4. The SMILES string of the molecule is C[C@H](NC(=O)COc1ccccc1)C(=O)OCC(=O)N[C@@H]1CCCc2ccccc21. The second-order valence-electron chi connectivity index (χ2n) is 7.21. The monoisotopic (exact) mass is 410 g/mol. The maximum Gasteiger partial charge on any atom is 0.328 e. The van der Waals surface area contributed by atoms with E-state index in [9.17, 15) is 14.4 Å². The number of nitrogens with one attached hydrogen (secondary N) is 2. The molecule has 2 aromatic rings. The van der Waals surface area contributed by atoms with Crippen molar-refractivity contribution in [2.45, 2.75) is 38.3 Å². The van der Waals surface area contributed by atoms with E-state index in [-0.39, 0.29) is 18.6 Å². The highest BCUT2D eigenvalue weighted by Gasteiger charge is 2.23. The highest BCUT2D eigenvalue weighted by molar-refractivity contribution is 5.86. The Balaban J connectivity index is 1.39. The summed E-state index contributed by atoms with van der Waals surface area (Å²) in [6, 6.07) is 16.0. The Morgan fingerprint density at radius 2 is 1.73 bits per heavy atom. The highest BCUT2D eigenvalue weighted by atomic mass is 16.5. The number of hydrogen-bond donors (Lipinski definition) is 2. The van der Waals surface area contributed by atoms with Crippen LogP contribution in [0.2, 0.25) is 0 Å². The molecule has 0 aliphatic heterocycles. The van der Waals surface area contributed by atoms with Crippen molar-refractivity contribution < 1.29 is 23.9 Å². The number of para-hydroxylation sites is 1. The average molecular weight is 410 g/mol. The summed E-state index contributed by atoms with van der Waals surface area (Å²) in [5.74, 6) is -0.936. The Kier molecular flexibility index (Phi) is 7.43. The van der Waals surface area contributed by atoms with Gasteiger partial charge in [0.1, 0.15) is 11.8 Å². The van der Waals surface area contributed by atoms with Crippen LogP contribution in [0.3, 0.4) is 0 Å². The number of fused-ring (bicyclic) bond motifs is 1. The minimum Gasteiger partial charge on any atom is -0.484 e. The molecule has 0 heterocycles. The molecule has 0 unspecified atom stereocenters. The summed E-state index contributed by atoms with van der Waals surface area (Å²) in [7, 11) is 0. The molecule has 0 spiro atoms. The first-order chi connectivity index (χ1) is 14.5. The lowest BCUT2D eigenvalue weighted by Crippen LogP contribution is -2.43. The van der Waals surface area contributed by atoms with E-state index in [0.717, 1.165) is 24.8 Å². The molecule has 3 rings (SSSR count). The standard InChI is InChI=1S/C23H26N2O5/c1-16(24-21(26)14-29-18-10-3-2-4-11-18)23(28)30-15-22(27)25-20-13-7-9-17-8-5-6-12-19(17)20/h2-6,8,10-12,16,20H,7,9,13-15H2,1H3,(H,24,26)(H,25,27)/t16-,20+/m0/s1. The molecule has 158 valence electrons. The van der Waals surface area contributed by atoms with E-state index in [2.05, 4.69) is 16.7 Å². The first-order valence-electron chi connectivity index (χ1n) is 10.0. The van der Waals surface area contributed by atoms with Crippen LogP contribution < -0.4 is 15.4 Å². The van der Waals surface area contributed by atoms with Gasteiger partial charge < -0.3 is 20.1 Å². The normalized spacial score (nSPS) is 16.0. The lowest BCUT2D eigenvalue weighted by atomic mass is 9.88. The zero-order valence-corrected chi connectivity index (χ0v) is 16.9. The Bertz CT molecular complexity index is 884. The Labute approximate surface area is 175 Å². The van der Waals surface area contributed by atoms with Gasteiger partial charge in [-0.05, 0) is 49.4 Å². The Hall–Kier alpha value is -3.35. The largest absolute Gasteiger partial charge is 0.484 e. The van der Waals surface area contributed by atoms with E-state index < -0.39 is 24.5 Å². The summed E-state index contributed by atoms with van der Waals surface area (Å²) >= 11 is 0. The molecular weight excluding hydrogens is 384 g/mol. The van der Waals surface area contributed by atoms with Gasteiger partial charge in [0.2, 0.25) is 0 Å². The van der Waals surface area contributed by atoms with Gasteiger partial charge in [0, 0.05) is 0 Å². The third kappa shape index (κ3) is 6.07. The molecule has 7 nitrogen and oxygen atoms in total. The summed E-state index contributed by atoms with van der Waals surface area (Å²) in [5, 5.41) is 5.42. The minimum absolute atomic E-state index is 0.0755. The zero-order chi connectivity index (χ0) is 21.3. The van der Waals surface area contributed by atoms with Crippen molar-refractivity contribution in [3.8, 4) is 5.75 Å². The van der Waals surface area contributed by atoms with Gasteiger partial charge in [-0.2, -0.15) is 0 Å². The number of aryl methyl sites for hydroxylation is 1. The van der Waals surface area contributed by atoms with E-state index >= 15 is 0 Å². The van der Waals surface area contributed by atoms with Gasteiger partial charge in [-0.1, -0.05) is 42.5 Å². The fourth-order valence-electron chi connectivity index (χ4n) is 3.41.